The molecule has 1 N–H and O–H groups in total. The van der Waals surface area contributed by atoms with E-state index < -0.39 is 5.82 Å². The maximum atomic E-state index is 13.9. The molecule has 0 radical (unpaired) electrons. The SMILES string of the molecule is Cc1ccc(-c2cc(C(=O)N3CCN(C(=O)c4ccccc4F)CC3)[nH]n2)c(C)c1. The summed E-state index contributed by atoms with van der Waals surface area (Å²) in [6.07, 6.45) is 0. The Hall–Kier alpha value is -3.48. The number of rotatable bonds is 3. The summed E-state index contributed by atoms with van der Waals surface area (Å²) in [5, 5.41) is 7.15. The Morgan fingerprint density at radius 3 is 2.27 bits per heavy atom. The van der Waals surface area contributed by atoms with Crippen molar-refractivity contribution in [2.24, 2.45) is 0 Å². The summed E-state index contributed by atoms with van der Waals surface area (Å²) in [5.41, 5.74) is 4.45. The lowest BCUT2D eigenvalue weighted by Crippen LogP contribution is -2.50. The molecule has 1 saturated heterocycles. The minimum atomic E-state index is -0.530. The molecule has 0 unspecified atom stereocenters. The van der Waals surface area contributed by atoms with Crippen LogP contribution in [0.1, 0.15) is 32.0 Å². The molecule has 0 bridgehead atoms. The van der Waals surface area contributed by atoms with Crippen LogP contribution in [0.4, 0.5) is 4.39 Å². The number of carbonyl (C=O) groups excluding carboxylic acids is 2. The van der Waals surface area contributed by atoms with E-state index in [4.69, 9.17) is 0 Å². The standard InChI is InChI=1S/C23H23FN4O2/c1-15-7-8-17(16(2)13-15)20-14-21(26-25-20)23(30)28-11-9-27(10-12-28)22(29)18-5-3-4-6-19(18)24/h3-8,13-14H,9-12H2,1-2H3,(H,25,26). The number of benzene rings is 2. The highest BCUT2D eigenvalue weighted by atomic mass is 19.1. The first-order chi connectivity index (χ1) is 14.4. The second-order valence-electron chi connectivity index (χ2n) is 7.55. The van der Waals surface area contributed by atoms with Gasteiger partial charge in [-0.3, -0.25) is 14.7 Å². The average Bonchev–Trinajstić information content (AvgIpc) is 3.23. The van der Waals surface area contributed by atoms with Crippen LogP contribution >= 0.6 is 0 Å². The summed E-state index contributed by atoms with van der Waals surface area (Å²) in [4.78, 5) is 28.7. The zero-order valence-corrected chi connectivity index (χ0v) is 17.0. The Morgan fingerprint density at radius 2 is 1.60 bits per heavy atom. The predicted octanol–water partition coefficient (Wildman–Crippen LogP) is 3.43. The maximum Gasteiger partial charge on any atom is 0.272 e. The third-order valence-electron chi connectivity index (χ3n) is 5.42. The van der Waals surface area contributed by atoms with E-state index in [0.29, 0.717) is 31.9 Å². The van der Waals surface area contributed by atoms with Crippen LogP contribution in [-0.2, 0) is 0 Å². The number of piperazine rings is 1. The molecule has 0 spiro atoms. The number of H-pyrrole nitrogens is 1. The molecule has 1 aromatic heterocycles. The number of amides is 2. The van der Waals surface area contributed by atoms with Crippen LogP contribution in [-0.4, -0.2) is 58.0 Å². The molecule has 30 heavy (non-hydrogen) atoms. The number of nitrogens with zero attached hydrogens (tertiary/aromatic N) is 3. The van der Waals surface area contributed by atoms with Crippen molar-refractivity contribution in [3.8, 4) is 11.3 Å². The number of hydrogen-bond acceptors (Lipinski definition) is 3. The van der Waals surface area contributed by atoms with Crippen molar-refractivity contribution in [3.05, 3.63) is 76.7 Å². The Bertz CT molecular complexity index is 1100. The smallest absolute Gasteiger partial charge is 0.272 e. The minimum absolute atomic E-state index is 0.0592. The van der Waals surface area contributed by atoms with Gasteiger partial charge in [0.25, 0.3) is 11.8 Å². The van der Waals surface area contributed by atoms with E-state index in [-0.39, 0.29) is 17.4 Å². The summed E-state index contributed by atoms with van der Waals surface area (Å²) >= 11 is 0. The van der Waals surface area contributed by atoms with E-state index in [1.165, 1.54) is 17.7 Å². The lowest BCUT2D eigenvalue weighted by atomic mass is 10.0. The van der Waals surface area contributed by atoms with Gasteiger partial charge >= 0.3 is 0 Å². The molecule has 154 valence electrons. The zero-order chi connectivity index (χ0) is 21.3. The highest BCUT2D eigenvalue weighted by Gasteiger charge is 2.27. The number of aromatic amines is 1. The van der Waals surface area contributed by atoms with E-state index in [1.54, 1.807) is 28.0 Å². The molecule has 2 heterocycles. The van der Waals surface area contributed by atoms with Crippen molar-refractivity contribution >= 4 is 11.8 Å². The molecule has 7 heteroatoms. The summed E-state index contributed by atoms with van der Waals surface area (Å²) < 4.78 is 13.9. The van der Waals surface area contributed by atoms with Gasteiger partial charge in [-0.05, 0) is 37.6 Å². The Balaban J connectivity index is 1.42. The van der Waals surface area contributed by atoms with Crippen molar-refractivity contribution in [3.63, 3.8) is 0 Å². The van der Waals surface area contributed by atoms with Crippen LogP contribution < -0.4 is 0 Å². The molecule has 0 aliphatic carbocycles. The topological polar surface area (TPSA) is 69.3 Å². The Labute approximate surface area is 174 Å². The Morgan fingerprint density at radius 1 is 0.933 bits per heavy atom. The molecule has 0 saturated carbocycles. The molecule has 4 rings (SSSR count). The van der Waals surface area contributed by atoms with Gasteiger partial charge in [0.1, 0.15) is 11.5 Å². The summed E-state index contributed by atoms with van der Waals surface area (Å²) in [5.74, 6) is -1.03. The summed E-state index contributed by atoms with van der Waals surface area (Å²) in [7, 11) is 0. The van der Waals surface area contributed by atoms with Crippen molar-refractivity contribution in [1.82, 2.24) is 20.0 Å². The van der Waals surface area contributed by atoms with Crippen LogP contribution in [0.15, 0.2) is 48.5 Å². The van der Waals surface area contributed by atoms with Gasteiger partial charge in [0.2, 0.25) is 0 Å². The largest absolute Gasteiger partial charge is 0.335 e. The van der Waals surface area contributed by atoms with Gasteiger partial charge in [-0.25, -0.2) is 4.39 Å². The molecule has 3 aromatic rings. The zero-order valence-electron chi connectivity index (χ0n) is 17.0. The van der Waals surface area contributed by atoms with Crippen LogP contribution in [0.5, 0.6) is 0 Å². The molecule has 6 nitrogen and oxygen atoms in total. The number of aromatic nitrogens is 2. The average molecular weight is 406 g/mol. The van der Waals surface area contributed by atoms with E-state index >= 15 is 0 Å². The highest BCUT2D eigenvalue weighted by molar-refractivity contribution is 5.95. The van der Waals surface area contributed by atoms with E-state index in [0.717, 1.165) is 16.8 Å². The van der Waals surface area contributed by atoms with Crippen molar-refractivity contribution in [2.45, 2.75) is 13.8 Å². The van der Waals surface area contributed by atoms with Gasteiger partial charge in [0.05, 0.1) is 11.3 Å². The van der Waals surface area contributed by atoms with Crippen LogP contribution in [0.25, 0.3) is 11.3 Å². The first-order valence-electron chi connectivity index (χ1n) is 9.90. The van der Waals surface area contributed by atoms with E-state index in [2.05, 4.69) is 16.3 Å². The molecule has 1 aliphatic heterocycles. The van der Waals surface area contributed by atoms with Gasteiger partial charge in [0, 0.05) is 31.7 Å². The van der Waals surface area contributed by atoms with Crippen LogP contribution in [0, 0.1) is 19.7 Å². The molecular weight excluding hydrogens is 383 g/mol. The van der Waals surface area contributed by atoms with Gasteiger partial charge in [-0.15, -0.1) is 0 Å². The van der Waals surface area contributed by atoms with Gasteiger partial charge < -0.3 is 9.80 Å². The maximum absolute atomic E-state index is 13.9. The second kappa shape index (κ2) is 8.10. The quantitative estimate of drug-likeness (QED) is 0.725. The summed E-state index contributed by atoms with van der Waals surface area (Å²) in [6.45, 7) is 5.54. The number of carbonyl (C=O) groups is 2. The third-order valence-corrected chi connectivity index (χ3v) is 5.42. The van der Waals surface area contributed by atoms with Crippen molar-refractivity contribution < 1.29 is 14.0 Å². The molecule has 0 atom stereocenters. The number of halogens is 1. The molecular formula is C23H23FN4O2. The minimum Gasteiger partial charge on any atom is -0.335 e. The highest BCUT2D eigenvalue weighted by Crippen LogP contribution is 2.23. The molecule has 1 aliphatic rings. The first-order valence-corrected chi connectivity index (χ1v) is 9.90. The molecule has 2 aromatic carbocycles. The van der Waals surface area contributed by atoms with Gasteiger partial charge in [-0.2, -0.15) is 5.10 Å². The van der Waals surface area contributed by atoms with Crippen LogP contribution in [0.3, 0.4) is 0 Å². The number of hydrogen-bond donors (Lipinski definition) is 1. The molecule has 2 amide bonds. The normalized spacial score (nSPS) is 14.1. The predicted molar refractivity (Wildman–Crippen MR) is 112 cm³/mol. The first kappa shape index (κ1) is 19.8. The Kier molecular flexibility index (Phi) is 5.35. The van der Waals surface area contributed by atoms with Gasteiger partial charge in [0.15, 0.2) is 0 Å². The van der Waals surface area contributed by atoms with E-state index in [1.807, 2.05) is 26.0 Å². The lowest BCUT2D eigenvalue weighted by Gasteiger charge is -2.34. The third kappa shape index (κ3) is 3.83. The fourth-order valence-corrected chi connectivity index (χ4v) is 3.76. The second-order valence-corrected chi connectivity index (χ2v) is 7.55. The fraction of sp³-hybridized carbons (Fsp3) is 0.261. The monoisotopic (exact) mass is 406 g/mol. The van der Waals surface area contributed by atoms with Crippen molar-refractivity contribution in [1.29, 1.82) is 0 Å². The number of nitrogens with one attached hydrogen (secondary N) is 1. The van der Waals surface area contributed by atoms with Crippen molar-refractivity contribution in [2.75, 3.05) is 26.2 Å². The number of aryl methyl sites for hydroxylation is 2. The lowest BCUT2D eigenvalue weighted by molar-refractivity contribution is 0.0529. The van der Waals surface area contributed by atoms with E-state index in [9.17, 15) is 14.0 Å². The molecule has 1 fully saturated rings. The summed E-state index contributed by atoms with van der Waals surface area (Å²) in [6, 6.07) is 13.8. The van der Waals surface area contributed by atoms with Gasteiger partial charge in [-0.1, -0.05) is 35.9 Å². The fourth-order valence-electron chi connectivity index (χ4n) is 3.76. The van der Waals surface area contributed by atoms with Crippen LogP contribution in [0.2, 0.25) is 0 Å².